The molecule has 0 heterocycles. The van der Waals surface area contributed by atoms with Crippen molar-refractivity contribution in [1.82, 2.24) is 5.32 Å². The lowest BCUT2D eigenvalue weighted by Gasteiger charge is -2.12. The van der Waals surface area contributed by atoms with E-state index < -0.39 is 10.8 Å². The van der Waals surface area contributed by atoms with Crippen LogP contribution in [0, 0.1) is 6.92 Å². The quantitative estimate of drug-likeness (QED) is 0.825. The summed E-state index contributed by atoms with van der Waals surface area (Å²) in [6.07, 6.45) is 4.41. The molecule has 1 aromatic rings. The minimum Gasteiger partial charge on any atom is -0.398 e. The summed E-state index contributed by atoms with van der Waals surface area (Å²) in [5.74, 6) is -0.118. The number of carbonyl (C=O) groups is 1. The molecular weight excluding hydrogens is 260 g/mol. The van der Waals surface area contributed by atoms with Gasteiger partial charge in [0.15, 0.2) is 0 Å². The van der Waals surface area contributed by atoms with Gasteiger partial charge < -0.3 is 11.1 Å². The van der Waals surface area contributed by atoms with Gasteiger partial charge in [-0.25, -0.2) is 0 Å². The summed E-state index contributed by atoms with van der Waals surface area (Å²) < 4.78 is 12.2. The van der Waals surface area contributed by atoms with Crippen LogP contribution in [-0.2, 0) is 15.6 Å². The van der Waals surface area contributed by atoms with Crippen molar-refractivity contribution in [2.75, 3.05) is 11.5 Å². The Morgan fingerprint density at radius 1 is 1.42 bits per heavy atom. The molecule has 1 atom stereocenters. The Bertz CT molecular complexity index is 496. The second-order valence-electron chi connectivity index (χ2n) is 5.01. The van der Waals surface area contributed by atoms with Gasteiger partial charge in [0.05, 0.1) is 10.8 Å². The van der Waals surface area contributed by atoms with E-state index in [4.69, 9.17) is 5.73 Å². The molecule has 0 spiro atoms. The normalized spacial score (nSPS) is 17.3. The van der Waals surface area contributed by atoms with E-state index in [2.05, 4.69) is 5.32 Å². The highest BCUT2D eigenvalue weighted by Gasteiger charge is 2.19. The molecule has 0 aromatic heterocycles. The highest BCUT2D eigenvalue weighted by atomic mass is 32.2. The predicted molar refractivity (Wildman–Crippen MR) is 77.3 cm³/mol. The van der Waals surface area contributed by atoms with E-state index in [0.717, 1.165) is 18.4 Å². The van der Waals surface area contributed by atoms with Gasteiger partial charge in [0.25, 0.3) is 0 Å². The average Bonchev–Trinajstić information content (AvgIpc) is 2.85. The third-order valence-electron chi connectivity index (χ3n) is 3.55. The van der Waals surface area contributed by atoms with Gasteiger partial charge in [-0.3, -0.25) is 9.00 Å². The van der Waals surface area contributed by atoms with Crippen molar-refractivity contribution >= 4 is 22.4 Å². The predicted octanol–water partition coefficient (Wildman–Crippen LogP) is 1.74. The van der Waals surface area contributed by atoms with Gasteiger partial charge in [-0.2, -0.15) is 0 Å². The van der Waals surface area contributed by atoms with Crippen LogP contribution in [0.15, 0.2) is 23.1 Å². The molecule has 5 heteroatoms. The number of hydrogen-bond donors (Lipinski definition) is 2. The summed E-state index contributed by atoms with van der Waals surface area (Å²) in [5.41, 5.74) is 7.20. The number of benzene rings is 1. The topological polar surface area (TPSA) is 72.2 Å². The van der Waals surface area contributed by atoms with Crippen LogP contribution in [0.5, 0.6) is 0 Å². The third-order valence-corrected chi connectivity index (χ3v) is 5.01. The summed E-state index contributed by atoms with van der Waals surface area (Å²) in [6.45, 7) is 1.83. The Morgan fingerprint density at radius 2 is 2.11 bits per heavy atom. The van der Waals surface area contributed by atoms with E-state index in [1.807, 2.05) is 6.92 Å². The maximum Gasteiger partial charge on any atom is 0.233 e. The fourth-order valence-electron chi connectivity index (χ4n) is 2.41. The summed E-state index contributed by atoms with van der Waals surface area (Å²) in [4.78, 5) is 12.5. The number of carbonyl (C=O) groups excluding carboxylic acids is 1. The van der Waals surface area contributed by atoms with Crippen LogP contribution in [0.3, 0.4) is 0 Å². The Hall–Kier alpha value is -1.36. The Labute approximate surface area is 116 Å². The molecular formula is C14H20N2O2S. The standard InChI is InChI=1S/C14H20N2O2S/c1-10-12(15)7-4-8-13(10)19(18)9-14(17)16-11-5-2-3-6-11/h4,7-8,11H,2-3,5-6,9,15H2,1H3,(H,16,17). The summed E-state index contributed by atoms with van der Waals surface area (Å²) in [6, 6.07) is 5.58. The molecule has 0 bridgehead atoms. The monoisotopic (exact) mass is 280 g/mol. The first-order chi connectivity index (χ1) is 9.08. The van der Waals surface area contributed by atoms with E-state index in [0.29, 0.717) is 10.6 Å². The van der Waals surface area contributed by atoms with E-state index in [1.165, 1.54) is 12.8 Å². The van der Waals surface area contributed by atoms with Crippen molar-refractivity contribution in [3.05, 3.63) is 23.8 Å². The van der Waals surface area contributed by atoms with E-state index in [-0.39, 0.29) is 17.7 Å². The highest BCUT2D eigenvalue weighted by Crippen LogP contribution is 2.20. The maximum atomic E-state index is 12.2. The number of anilines is 1. The molecule has 4 nitrogen and oxygen atoms in total. The molecule has 3 N–H and O–H groups in total. The zero-order valence-electron chi connectivity index (χ0n) is 11.1. The molecule has 1 aliphatic carbocycles. The Morgan fingerprint density at radius 3 is 2.79 bits per heavy atom. The zero-order chi connectivity index (χ0) is 13.8. The summed E-state index contributed by atoms with van der Waals surface area (Å²) in [7, 11) is -1.33. The molecule has 104 valence electrons. The first-order valence-electron chi connectivity index (χ1n) is 6.61. The molecule has 1 unspecified atom stereocenters. The molecule has 0 saturated heterocycles. The fraction of sp³-hybridized carbons (Fsp3) is 0.500. The van der Waals surface area contributed by atoms with Crippen LogP contribution in [0.2, 0.25) is 0 Å². The number of hydrogen-bond acceptors (Lipinski definition) is 3. The van der Waals surface area contributed by atoms with Crippen LogP contribution >= 0.6 is 0 Å². The van der Waals surface area contributed by atoms with Crippen LogP contribution in [0.25, 0.3) is 0 Å². The smallest absolute Gasteiger partial charge is 0.233 e. The minimum atomic E-state index is -1.33. The van der Waals surface area contributed by atoms with Crippen LogP contribution in [0.4, 0.5) is 5.69 Å². The van der Waals surface area contributed by atoms with Crippen molar-refractivity contribution in [2.24, 2.45) is 0 Å². The van der Waals surface area contributed by atoms with Crippen molar-refractivity contribution < 1.29 is 9.00 Å². The fourth-order valence-corrected chi connectivity index (χ4v) is 3.58. The molecule has 1 fully saturated rings. The van der Waals surface area contributed by atoms with E-state index in [1.54, 1.807) is 18.2 Å². The average molecular weight is 280 g/mol. The van der Waals surface area contributed by atoms with E-state index >= 15 is 0 Å². The molecule has 1 saturated carbocycles. The lowest BCUT2D eigenvalue weighted by Crippen LogP contribution is -2.35. The van der Waals surface area contributed by atoms with Gasteiger partial charge in [-0.15, -0.1) is 0 Å². The maximum absolute atomic E-state index is 12.2. The molecule has 2 rings (SSSR count). The number of nitrogens with two attached hydrogens (primary N) is 1. The van der Waals surface area contributed by atoms with Gasteiger partial charge in [0.2, 0.25) is 5.91 Å². The summed E-state index contributed by atoms with van der Waals surface area (Å²) >= 11 is 0. The number of amides is 1. The highest BCUT2D eigenvalue weighted by molar-refractivity contribution is 7.85. The molecule has 19 heavy (non-hydrogen) atoms. The van der Waals surface area contributed by atoms with Crippen molar-refractivity contribution in [1.29, 1.82) is 0 Å². The summed E-state index contributed by atoms with van der Waals surface area (Å²) in [5, 5.41) is 2.95. The Balaban J connectivity index is 1.96. The zero-order valence-corrected chi connectivity index (χ0v) is 12.0. The second-order valence-corrected chi connectivity index (χ2v) is 6.43. The van der Waals surface area contributed by atoms with Crippen molar-refractivity contribution in [3.63, 3.8) is 0 Å². The lowest BCUT2D eigenvalue weighted by atomic mass is 10.2. The molecule has 1 aromatic carbocycles. The molecule has 1 amide bonds. The van der Waals surface area contributed by atoms with Gasteiger partial charge in [-0.05, 0) is 37.5 Å². The molecule has 0 aliphatic heterocycles. The van der Waals surface area contributed by atoms with Crippen molar-refractivity contribution in [2.45, 2.75) is 43.5 Å². The third kappa shape index (κ3) is 3.56. The van der Waals surface area contributed by atoms with Crippen molar-refractivity contribution in [3.8, 4) is 0 Å². The number of nitrogen functional groups attached to an aromatic ring is 1. The Kier molecular flexibility index (Phi) is 4.58. The van der Waals surface area contributed by atoms with Crippen LogP contribution < -0.4 is 11.1 Å². The number of rotatable bonds is 4. The SMILES string of the molecule is Cc1c(N)cccc1S(=O)CC(=O)NC1CCCC1. The largest absolute Gasteiger partial charge is 0.398 e. The minimum absolute atomic E-state index is 0.0147. The second kappa shape index (κ2) is 6.19. The van der Waals surface area contributed by atoms with Crippen LogP contribution in [-0.4, -0.2) is 21.9 Å². The van der Waals surface area contributed by atoms with Crippen LogP contribution in [0.1, 0.15) is 31.2 Å². The first kappa shape index (κ1) is 14.1. The van der Waals surface area contributed by atoms with Gasteiger partial charge in [-0.1, -0.05) is 18.9 Å². The van der Waals surface area contributed by atoms with Gasteiger partial charge >= 0.3 is 0 Å². The van der Waals surface area contributed by atoms with Gasteiger partial charge in [0, 0.05) is 16.6 Å². The molecule has 0 radical (unpaired) electrons. The van der Waals surface area contributed by atoms with E-state index in [9.17, 15) is 9.00 Å². The molecule has 1 aliphatic rings. The van der Waals surface area contributed by atoms with Gasteiger partial charge in [0.1, 0.15) is 5.75 Å². The lowest BCUT2D eigenvalue weighted by molar-refractivity contribution is -0.119. The first-order valence-corrected chi connectivity index (χ1v) is 7.92. The number of nitrogens with one attached hydrogen (secondary N) is 1.